The molecule has 0 amide bonds. The van der Waals surface area contributed by atoms with Crippen LogP contribution < -0.4 is 10.2 Å². The van der Waals surface area contributed by atoms with Crippen LogP contribution in [0.25, 0.3) is 0 Å². The van der Waals surface area contributed by atoms with E-state index in [1.807, 2.05) is 37.6 Å². The van der Waals surface area contributed by atoms with E-state index in [2.05, 4.69) is 24.3 Å². The van der Waals surface area contributed by atoms with Gasteiger partial charge < -0.3 is 10.2 Å². The molecule has 2 rings (SSSR count). The molecule has 2 aromatic rings. The van der Waals surface area contributed by atoms with Gasteiger partial charge in [-0.15, -0.1) is 0 Å². The van der Waals surface area contributed by atoms with Gasteiger partial charge in [0.05, 0.1) is 5.69 Å². The maximum Gasteiger partial charge on any atom is 0.159 e. The van der Waals surface area contributed by atoms with Gasteiger partial charge in [0, 0.05) is 39.3 Å². The van der Waals surface area contributed by atoms with Crippen LogP contribution in [0.5, 0.6) is 0 Å². The molecule has 0 aliphatic carbocycles. The molecule has 0 saturated heterocycles. The van der Waals surface area contributed by atoms with Gasteiger partial charge in [0.15, 0.2) is 11.6 Å². The van der Waals surface area contributed by atoms with E-state index in [4.69, 9.17) is 0 Å². The zero-order valence-corrected chi connectivity index (χ0v) is 15.2. The molecule has 1 unspecified atom stereocenters. The molecule has 4 nitrogen and oxygen atoms in total. The van der Waals surface area contributed by atoms with Gasteiger partial charge in [-0.05, 0) is 30.5 Å². The van der Waals surface area contributed by atoms with Crippen molar-refractivity contribution in [1.29, 1.82) is 0 Å². The van der Waals surface area contributed by atoms with Crippen molar-refractivity contribution in [1.82, 2.24) is 15.1 Å². The van der Waals surface area contributed by atoms with Crippen molar-refractivity contribution in [3.8, 4) is 0 Å². The van der Waals surface area contributed by atoms with Crippen LogP contribution in [0.3, 0.4) is 0 Å². The van der Waals surface area contributed by atoms with Gasteiger partial charge in [0.1, 0.15) is 5.82 Å². The summed E-state index contributed by atoms with van der Waals surface area (Å²) in [6.45, 7) is 6.77. The molecule has 6 heteroatoms. The number of nitrogens with one attached hydrogen (secondary N) is 1. The van der Waals surface area contributed by atoms with Crippen molar-refractivity contribution in [3.63, 3.8) is 0 Å². The molecular formula is C18H26F2N4. The Kier molecular flexibility index (Phi) is 5.59. The topological polar surface area (TPSA) is 33.1 Å². The Balaban J connectivity index is 2.23. The summed E-state index contributed by atoms with van der Waals surface area (Å²) in [6, 6.07) is 3.91. The van der Waals surface area contributed by atoms with Gasteiger partial charge in [-0.25, -0.2) is 8.78 Å². The van der Waals surface area contributed by atoms with Crippen LogP contribution in [0.15, 0.2) is 18.2 Å². The fraction of sp³-hybridized carbons (Fsp3) is 0.500. The van der Waals surface area contributed by atoms with E-state index in [1.165, 1.54) is 6.07 Å². The first-order valence-electron chi connectivity index (χ1n) is 8.13. The number of aromatic nitrogens is 2. The largest absolute Gasteiger partial charge is 0.363 e. The lowest BCUT2D eigenvalue weighted by atomic mass is 10.0. The lowest BCUT2D eigenvalue weighted by Crippen LogP contribution is -2.22. The lowest BCUT2D eigenvalue weighted by molar-refractivity contribution is 0.500. The van der Waals surface area contributed by atoms with Gasteiger partial charge in [-0.2, -0.15) is 5.10 Å². The van der Waals surface area contributed by atoms with Gasteiger partial charge in [0.2, 0.25) is 0 Å². The first kappa shape index (κ1) is 18.4. The number of hydrogen-bond acceptors (Lipinski definition) is 3. The third-order valence-corrected chi connectivity index (χ3v) is 4.14. The summed E-state index contributed by atoms with van der Waals surface area (Å²) >= 11 is 0. The minimum atomic E-state index is -0.824. The van der Waals surface area contributed by atoms with E-state index in [1.54, 1.807) is 6.07 Å². The van der Waals surface area contributed by atoms with Crippen molar-refractivity contribution < 1.29 is 8.78 Å². The Morgan fingerprint density at radius 3 is 2.38 bits per heavy atom. The highest BCUT2D eigenvalue weighted by molar-refractivity contribution is 5.50. The zero-order valence-electron chi connectivity index (χ0n) is 15.2. The van der Waals surface area contributed by atoms with Crippen LogP contribution in [0, 0.1) is 11.6 Å². The zero-order chi connectivity index (χ0) is 18.0. The van der Waals surface area contributed by atoms with E-state index in [0.717, 1.165) is 28.7 Å². The molecule has 0 radical (unpaired) electrons. The molecule has 0 aliphatic heterocycles. The molecule has 0 spiro atoms. The molecule has 1 aromatic carbocycles. The Morgan fingerprint density at radius 1 is 1.17 bits per heavy atom. The van der Waals surface area contributed by atoms with Crippen molar-refractivity contribution in [2.75, 3.05) is 19.0 Å². The Labute approximate surface area is 142 Å². The van der Waals surface area contributed by atoms with Crippen LogP contribution in [0.1, 0.15) is 49.6 Å². The number of halogens is 2. The Hall–Kier alpha value is -1.95. The predicted octanol–water partition coefficient (Wildman–Crippen LogP) is 3.74. The highest BCUT2D eigenvalue weighted by atomic mass is 19.2. The SMILES string of the molecule is CC(C)c1nn(C)c(N(C)C)c1CNC(C)c1ccc(F)c(F)c1. The Bertz CT molecular complexity index is 707. The van der Waals surface area contributed by atoms with Gasteiger partial charge in [0.25, 0.3) is 0 Å². The summed E-state index contributed by atoms with van der Waals surface area (Å²) in [7, 11) is 5.91. The summed E-state index contributed by atoms with van der Waals surface area (Å²) < 4.78 is 28.4. The molecule has 1 N–H and O–H groups in total. The van der Waals surface area contributed by atoms with Gasteiger partial charge >= 0.3 is 0 Å². The molecule has 132 valence electrons. The number of rotatable bonds is 6. The first-order valence-corrected chi connectivity index (χ1v) is 8.13. The van der Waals surface area contributed by atoms with Crippen LogP contribution in [-0.2, 0) is 13.6 Å². The van der Waals surface area contributed by atoms with E-state index in [9.17, 15) is 8.78 Å². The van der Waals surface area contributed by atoms with Crippen molar-refractivity contribution in [2.45, 2.75) is 39.3 Å². The lowest BCUT2D eigenvalue weighted by Gasteiger charge is -2.19. The van der Waals surface area contributed by atoms with Crippen molar-refractivity contribution in [2.24, 2.45) is 7.05 Å². The number of aryl methyl sites for hydroxylation is 1. The predicted molar refractivity (Wildman–Crippen MR) is 93.2 cm³/mol. The second kappa shape index (κ2) is 7.30. The highest BCUT2D eigenvalue weighted by Crippen LogP contribution is 2.28. The van der Waals surface area contributed by atoms with Gasteiger partial charge in [-0.3, -0.25) is 4.68 Å². The quantitative estimate of drug-likeness (QED) is 0.872. The fourth-order valence-electron chi connectivity index (χ4n) is 2.93. The fourth-order valence-corrected chi connectivity index (χ4v) is 2.93. The summed E-state index contributed by atoms with van der Waals surface area (Å²) in [4.78, 5) is 2.04. The third-order valence-electron chi connectivity index (χ3n) is 4.14. The third kappa shape index (κ3) is 3.75. The molecule has 24 heavy (non-hydrogen) atoms. The van der Waals surface area contributed by atoms with Crippen molar-refractivity contribution in [3.05, 3.63) is 46.7 Å². The molecule has 1 heterocycles. The normalized spacial score (nSPS) is 12.7. The number of nitrogens with zero attached hydrogens (tertiary/aromatic N) is 3. The molecule has 0 bridgehead atoms. The Morgan fingerprint density at radius 2 is 1.83 bits per heavy atom. The number of benzene rings is 1. The van der Waals surface area contributed by atoms with Crippen molar-refractivity contribution >= 4 is 5.82 Å². The molecular weight excluding hydrogens is 310 g/mol. The minimum absolute atomic E-state index is 0.102. The summed E-state index contributed by atoms with van der Waals surface area (Å²) in [5, 5.41) is 8.03. The van der Waals surface area contributed by atoms with E-state index in [0.29, 0.717) is 12.5 Å². The second-order valence-electron chi connectivity index (χ2n) is 6.64. The van der Waals surface area contributed by atoms with E-state index < -0.39 is 11.6 Å². The molecule has 0 saturated carbocycles. The average molecular weight is 336 g/mol. The standard InChI is InChI=1S/C18H26F2N4/c1-11(2)17-14(18(23(4)5)24(6)22-17)10-21-12(3)13-7-8-15(19)16(20)9-13/h7-9,11-12,21H,10H2,1-6H3. The molecule has 1 atom stereocenters. The van der Waals surface area contributed by atoms with Crippen LogP contribution in [0.2, 0.25) is 0 Å². The van der Waals surface area contributed by atoms with Gasteiger partial charge in [-0.1, -0.05) is 19.9 Å². The molecule has 0 aliphatic rings. The monoisotopic (exact) mass is 336 g/mol. The van der Waals surface area contributed by atoms with Crippen LogP contribution in [0.4, 0.5) is 14.6 Å². The summed E-state index contributed by atoms with van der Waals surface area (Å²) in [6.07, 6.45) is 0. The average Bonchev–Trinajstić information content (AvgIpc) is 2.84. The second-order valence-corrected chi connectivity index (χ2v) is 6.64. The maximum atomic E-state index is 13.4. The summed E-state index contributed by atoms with van der Waals surface area (Å²) in [5.41, 5.74) is 2.90. The number of anilines is 1. The molecule has 1 aromatic heterocycles. The molecule has 0 fully saturated rings. The summed E-state index contributed by atoms with van der Waals surface area (Å²) in [5.74, 6) is -0.293. The highest BCUT2D eigenvalue weighted by Gasteiger charge is 2.20. The number of hydrogen-bond donors (Lipinski definition) is 1. The first-order chi connectivity index (χ1) is 11.2. The maximum absolute atomic E-state index is 13.4. The van der Waals surface area contributed by atoms with Crippen LogP contribution in [-0.4, -0.2) is 23.9 Å². The van der Waals surface area contributed by atoms with E-state index >= 15 is 0 Å². The minimum Gasteiger partial charge on any atom is -0.363 e. The van der Waals surface area contributed by atoms with E-state index in [-0.39, 0.29) is 6.04 Å². The van der Waals surface area contributed by atoms with Crippen LogP contribution >= 0.6 is 0 Å². The smallest absolute Gasteiger partial charge is 0.159 e.